The molecule has 4 aliphatic carbocycles. The molecule has 1 amide bonds. The normalized spacial score (nSPS) is 36.7. The number of rotatable bonds is 5. The summed E-state index contributed by atoms with van der Waals surface area (Å²) in [6.07, 6.45) is 7.89. The van der Waals surface area contributed by atoms with Crippen LogP contribution in [-0.4, -0.2) is 5.91 Å². The lowest BCUT2D eigenvalue weighted by molar-refractivity contribution is -0.154. The van der Waals surface area contributed by atoms with E-state index in [1.807, 2.05) is 0 Å². The van der Waals surface area contributed by atoms with E-state index in [-0.39, 0.29) is 16.7 Å². The van der Waals surface area contributed by atoms with Gasteiger partial charge >= 0.3 is 0 Å². The largest absolute Gasteiger partial charge is 0.369 e. The minimum absolute atomic E-state index is 0.0429. The Morgan fingerprint density at radius 3 is 2.07 bits per heavy atom. The number of aryl methyl sites for hydroxylation is 1. The highest BCUT2D eigenvalue weighted by Crippen LogP contribution is 2.68. The molecule has 6 rings (SSSR count). The van der Waals surface area contributed by atoms with Gasteiger partial charge in [0.1, 0.15) is 0 Å². The Hall–Kier alpha value is -2.09. The van der Waals surface area contributed by atoms with Crippen LogP contribution in [0.25, 0.3) is 0 Å². The van der Waals surface area contributed by atoms with Crippen LogP contribution < -0.4 is 5.73 Å². The van der Waals surface area contributed by atoms with Gasteiger partial charge in [-0.1, -0.05) is 60.7 Å². The van der Waals surface area contributed by atoms with Gasteiger partial charge in [0, 0.05) is 0 Å². The molecule has 0 aromatic heterocycles. The van der Waals surface area contributed by atoms with Gasteiger partial charge in [-0.15, -0.1) is 0 Å². The van der Waals surface area contributed by atoms with Gasteiger partial charge in [0.05, 0.1) is 5.41 Å². The van der Waals surface area contributed by atoms with E-state index in [4.69, 9.17) is 5.73 Å². The first kappa shape index (κ1) is 17.0. The Labute approximate surface area is 162 Å². The van der Waals surface area contributed by atoms with E-state index in [2.05, 4.69) is 60.7 Å². The Morgan fingerprint density at radius 1 is 0.889 bits per heavy atom. The summed E-state index contributed by atoms with van der Waals surface area (Å²) < 4.78 is 0. The third kappa shape index (κ3) is 2.72. The molecule has 2 aromatic carbocycles. The maximum absolute atomic E-state index is 12.5. The number of primary amides is 1. The number of carbonyl (C=O) groups is 1. The average Bonchev–Trinajstić information content (AvgIpc) is 2.68. The summed E-state index contributed by atoms with van der Waals surface area (Å²) in [5.41, 5.74) is 8.79. The zero-order chi connectivity index (χ0) is 18.5. The van der Waals surface area contributed by atoms with Gasteiger partial charge in [-0.2, -0.15) is 0 Å². The standard InChI is InChI=1S/C25H29NO/c26-23(27)25-15-19-13-24(17-25,21-9-5-2-6-10-21)14-20(16-25)22(19)12-11-18-7-3-1-4-8-18/h1-10,19-20,22H,11-17H2,(H2,26,27). The second kappa shape index (κ2) is 6.22. The molecule has 2 aromatic rings. The van der Waals surface area contributed by atoms with Gasteiger partial charge in [-0.25, -0.2) is 0 Å². The van der Waals surface area contributed by atoms with Gasteiger partial charge in [0.2, 0.25) is 5.91 Å². The quantitative estimate of drug-likeness (QED) is 0.813. The molecule has 4 fully saturated rings. The predicted octanol–water partition coefficient (Wildman–Crippen LogP) is 4.87. The summed E-state index contributed by atoms with van der Waals surface area (Å²) in [6.45, 7) is 0. The second-order valence-corrected chi connectivity index (χ2v) is 9.49. The number of hydrogen-bond donors (Lipinski definition) is 1. The molecule has 27 heavy (non-hydrogen) atoms. The van der Waals surface area contributed by atoms with Crippen LogP contribution >= 0.6 is 0 Å². The van der Waals surface area contributed by atoms with Crippen LogP contribution in [0.3, 0.4) is 0 Å². The molecular weight excluding hydrogens is 330 g/mol. The lowest BCUT2D eigenvalue weighted by atomic mass is 9.39. The molecule has 2 atom stereocenters. The summed E-state index contributed by atoms with van der Waals surface area (Å²) >= 11 is 0. The highest BCUT2D eigenvalue weighted by Gasteiger charge is 2.63. The van der Waals surface area contributed by atoms with Crippen molar-refractivity contribution in [2.75, 3.05) is 0 Å². The summed E-state index contributed by atoms with van der Waals surface area (Å²) in [4.78, 5) is 12.5. The van der Waals surface area contributed by atoms with Crippen molar-refractivity contribution in [1.29, 1.82) is 0 Å². The van der Waals surface area contributed by atoms with Crippen molar-refractivity contribution in [3.05, 3.63) is 71.8 Å². The van der Waals surface area contributed by atoms with E-state index < -0.39 is 0 Å². The molecular formula is C25H29NO. The lowest BCUT2D eigenvalue weighted by Crippen LogP contribution is -2.61. The molecule has 0 aliphatic heterocycles. The zero-order valence-corrected chi connectivity index (χ0v) is 15.9. The van der Waals surface area contributed by atoms with Gasteiger partial charge < -0.3 is 5.73 Å². The highest BCUT2D eigenvalue weighted by molar-refractivity contribution is 5.81. The first-order chi connectivity index (χ1) is 13.1. The van der Waals surface area contributed by atoms with E-state index in [9.17, 15) is 4.79 Å². The number of hydrogen-bond acceptors (Lipinski definition) is 1. The Balaban J connectivity index is 1.44. The number of nitrogens with two attached hydrogens (primary N) is 1. The fourth-order valence-corrected chi connectivity index (χ4v) is 7.11. The highest BCUT2D eigenvalue weighted by atomic mass is 16.1. The van der Waals surface area contributed by atoms with Gasteiger partial charge in [0.15, 0.2) is 0 Å². The number of carbonyl (C=O) groups excluding carboxylic acids is 1. The molecule has 140 valence electrons. The summed E-state index contributed by atoms with van der Waals surface area (Å²) in [5, 5.41) is 0. The SMILES string of the molecule is NC(=O)C12CC3CC(c4ccccc4)(CC(C1)C3CCc1ccccc1)C2. The van der Waals surface area contributed by atoms with E-state index in [1.54, 1.807) is 0 Å². The van der Waals surface area contributed by atoms with E-state index in [0.29, 0.717) is 11.8 Å². The van der Waals surface area contributed by atoms with Crippen LogP contribution in [-0.2, 0) is 16.6 Å². The average molecular weight is 360 g/mol. The van der Waals surface area contributed by atoms with E-state index in [0.717, 1.165) is 31.6 Å². The zero-order valence-electron chi connectivity index (χ0n) is 15.9. The number of amides is 1. The van der Waals surface area contributed by atoms with Crippen molar-refractivity contribution < 1.29 is 4.79 Å². The molecule has 4 aliphatic rings. The third-order valence-electron chi connectivity index (χ3n) is 8.02. The van der Waals surface area contributed by atoms with Crippen molar-refractivity contribution in [3.8, 4) is 0 Å². The maximum Gasteiger partial charge on any atom is 0.223 e. The van der Waals surface area contributed by atoms with Crippen molar-refractivity contribution in [2.45, 2.75) is 50.4 Å². The fourth-order valence-electron chi connectivity index (χ4n) is 7.11. The Morgan fingerprint density at radius 2 is 1.48 bits per heavy atom. The van der Waals surface area contributed by atoms with Crippen LogP contribution in [0.5, 0.6) is 0 Å². The number of benzene rings is 2. The molecule has 4 bridgehead atoms. The smallest absolute Gasteiger partial charge is 0.223 e. The van der Waals surface area contributed by atoms with Crippen LogP contribution in [0.1, 0.15) is 49.7 Å². The third-order valence-corrected chi connectivity index (χ3v) is 8.02. The van der Waals surface area contributed by atoms with Crippen molar-refractivity contribution in [3.63, 3.8) is 0 Å². The molecule has 0 saturated heterocycles. The van der Waals surface area contributed by atoms with Gasteiger partial charge in [-0.05, 0) is 79.2 Å². The fraction of sp³-hybridized carbons (Fsp3) is 0.480. The van der Waals surface area contributed by atoms with Crippen LogP contribution in [0.2, 0.25) is 0 Å². The second-order valence-electron chi connectivity index (χ2n) is 9.49. The van der Waals surface area contributed by atoms with Gasteiger partial charge in [-0.3, -0.25) is 4.79 Å². The predicted molar refractivity (Wildman–Crippen MR) is 108 cm³/mol. The molecule has 4 saturated carbocycles. The summed E-state index contributed by atoms with van der Waals surface area (Å²) in [6, 6.07) is 21.8. The van der Waals surface area contributed by atoms with Crippen LogP contribution in [0.4, 0.5) is 0 Å². The van der Waals surface area contributed by atoms with E-state index in [1.165, 1.54) is 30.4 Å². The minimum Gasteiger partial charge on any atom is -0.369 e. The van der Waals surface area contributed by atoms with Crippen molar-refractivity contribution >= 4 is 5.91 Å². The monoisotopic (exact) mass is 359 g/mol. The molecule has 2 unspecified atom stereocenters. The first-order valence-corrected chi connectivity index (χ1v) is 10.5. The van der Waals surface area contributed by atoms with Gasteiger partial charge in [0.25, 0.3) is 0 Å². The first-order valence-electron chi connectivity index (χ1n) is 10.5. The summed E-state index contributed by atoms with van der Waals surface area (Å²) in [7, 11) is 0. The van der Waals surface area contributed by atoms with Crippen LogP contribution in [0, 0.1) is 23.2 Å². The lowest BCUT2D eigenvalue weighted by Gasteiger charge is -2.64. The van der Waals surface area contributed by atoms with Crippen LogP contribution in [0.15, 0.2) is 60.7 Å². The molecule has 0 spiro atoms. The maximum atomic E-state index is 12.5. The van der Waals surface area contributed by atoms with Crippen molar-refractivity contribution in [1.82, 2.24) is 0 Å². The van der Waals surface area contributed by atoms with Crippen molar-refractivity contribution in [2.24, 2.45) is 28.9 Å². The Bertz CT molecular complexity index is 812. The minimum atomic E-state index is -0.259. The summed E-state index contributed by atoms with van der Waals surface area (Å²) in [5.74, 6) is 1.99. The molecule has 2 heteroatoms. The molecule has 2 N–H and O–H groups in total. The molecule has 2 nitrogen and oxygen atoms in total. The topological polar surface area (TPSA) is 43.1 Å². The molecule has 0 heterocycles. The van der Waals surface area contributed by atoms with E-state index >= 15 is 0 Å². The Kier molecular flexibility index (Phi) is 3.93. The molecule has 0 radical (unpaired) electrons.